The second-order valence-corrected chi connectivity index (χ2v) is 9.26. The van der Waals surface area contributed by atoms with Gasteiger partial charge in [-0.25, -0.2) is 0 Å². The van der Waals surface area contributed by atoms with Gasteiger partial charge in [-0.1, -0.05) is 44.2 Å². The predicted octanol–water partition coefficient (Wildman–Crippen LogP) is 5.31. The summed E-state index contributed by atoms with van der Waals surface area (Å²) in [6.07, 6.45) is 1.62. The molecule has 0 atom stereocenters. The van der Waals surface area contributed by atoms with Crippen LogP contribution in [0.5, 0.6) is 11.5 Å². The fourth-order valence-corrected chi connectivity index (χ4v) is 4.57. The second kappa shape index (κ2) is 9.30. The molecule has 0 saturated heterocycles. The minimum absolute atomic E-state index is 0.00245. The Balaban J connectivity index is 1.62. The van der Waals surface area contributed by atoms with E-state index in [1.165, 1.54) is 16.8 Å². The molecule has 0 radical (unpaired) electrons. The highest BCUT2D eigenvalue weighted by atomic mass is 79.9. The number of amidine groups is 2. The molecule has 164 valence electrons. The molecule has 2 aromatic carbocycles. The molecule has 1 N–H and O–H groups in total. The standard InChI is InChI=1S/C23H21BrN4O3S/c1-13(2)22-27-28-20(25)16(21(29)26-23(28)32-22)9-15-10-17(24)19(18(11-15)30-3)31-12-14-7-5-4-6-8-14/h4-11,13,25H,12H2,1-3H3. The van der Waals surface area contributed by atoms with E-state index in [-0.39, 0.29) is 17.3 Å². The van der Waals surface area contributed by atoms with Crippen molar-refractivity contribution < 1.29 is 14.3 Å². The molecule has 0 aliphatic carbocycles. The zero-order valence-corrected chi connectivity index (χ0v) is 20.2. The normalized spacial score (nSPS) is 16.9. The van der Waals surface area contributed by atoms with E-state index in [9.17, 15) is 4.79 Å². The molecule has 0 aromatic heterocycles. The number of ether oxygens (including phenoxy) is 2. The molecule has 1 amide bonds. The molecule has 32 heavy (non-hydrogen) atoms. The number of aliphatic imine (C=N–C) groups is 1. The highest BCUT2D eigenvalue weighted by Gasteiger charge is 2.36. The van der Waals surface area contributed by atoms with Gasteiger partial charge < -0.3 is 9.47 Å². The van der Waals surface area contributed by atoms with Crippen LogP contribution in [0, 0.1) is 11.3 Å². The van der Waals surface area contributed by atoms with Crippen molar-refractivity contribution in [2.75, 3.05) is 7.11 Å². The molecule has 2 heterocycles. The summed E-state index contributed by atoms with van der Waals surface area (Å²) in [6.45, 7) is 4.41. The number of benzene rings is 2. The van der Waals surface area contributed by atoms with Gasteiger partial charge in [-0.15, -0.1) is 0 Å². The van der Waals surface area contributed by atoms with Crippen molar-refractivity contribution in [1.29, 1.82) is 5.41 Å². The first-order valence-corrected chi connectivity index (χ1v) is 11.5. The summed E-state index contributed by atoms with van der Waals surface area (Å²) >= 11 is 4.87. The lowest BCUT2D eigenvalue weighted by atomic mass is 10.1. The van der Waals surface area contributed by atoms with Crippen LogP contribution in [0.4, 0.5) is 0 Å². The third-order valence-corrected chi connectivity index (χ3v) is 6.55. The number of fused-ring (bicyclic) bond motifs is 1. The molecule has 4 rings (SSSR count). The lowest BCUT2D eigenvalue weighted by Gasteiger charge is -2.20. The van der Waals surface area contributed by atoms with E-state index in [2.05, 4.69) is 26.0 Å². The number of hydrogen-bond donors (Lipinski definition) is 1. The Kier molecular flexibility index (Phi) is 6.48. The van der Waals surface area contributed by atoms with Crippen molar-refractivity contribution in [3.63, 3.8) is 0 Å². The number of carbonyl (C=O) groups is 1. The van der Waals surface area contributed by atoms with E-state index < -0.39 is 5.91 Å². The first-order chi connectivity index (χ1) is 15.4. The molecular weight excluding hydrogens is 492 g/mol. The lowest BCUT2D eigenvalue weighted by molar-refractivity contribution is -0.114. The third-order valence-electron chi connectivity index (χ3n) is 4.75. The van der Waals surface area contributed by atoms with Gasteiger partial charge in [0.05, 0.1) is 17.2 Å². The molecule has 2 aromatic rings. The molecule has 0 saturated carbocycles. The highest BCUT2D eigenvalue weighted by molar-refractivity contribution is 9.10. The topological polar surface area (TPSA) is 87.3 Å². The molecule has 2 aliphatic heterocycles. The van der Waals surface area contributed by atoms with Gasteiger partial charge >= 0.3 is 0 Å². The van der Waals surface area contributed by atoms with Crippen LogP contribution in [0.3, 0.4) is 0 Å². The molecule has 0 unspecified atom stereocenters. The van der Waals surface area contributed by atoms with Crippen molar-refractivity contribution in [3.05, 3.63) is 63.6 Å². The van der Waals surface area contributed by atoms with Gasteiger partial charge in [0.15, 0.2) is 17.3 Å². The Labute approximate surface area is 198 Å². The average molecular weight is 513 g/mol. The Morgan fingerprint density at radius 1 is 1.25 bits per heavy atom. The van der Waals surface area contributed by atoms with Crippen LogP contribution in [-0.4, -0.2) is 34.1 Å². The first-order valence-electron chi connectivity index (χ1n) is 9.91. The Morgan fingerprint density at radius 2 is 2.00 bits per heavy atom. The van der Waals surface area contributed by atoms with Crippen molar-refractivity contribution >= 4 is 55.7 Å². The summed E-state index contributed by atoms with van der Waals surface area (Å²) < 4.78 is 12.2. The van der Waals surface area contributed by atoms with Crippen LogP contribution in [-0.2, 0) is 11.4 Å². The SMILES string of the molecule is COc1cc(C=C2C(=N)N3N=C(C(C)C)SC3=NC2=O)cc(Br)c1OCc1ccccc1. The number of thioether (sulfide) groups is 1. The van der Waals surface area contributed by atoms with Crippen LogP contribution < -0.4 is 9.47 Å². The van der Waals surface area contributed by atoms with Gasteiger partial charge in [0.1, 0.15) is 11.7 Å². The largest absolute Gasteiger partial charge is 0.493 e. The van der Waals surface area contributed by atoms with Gasteiger partial charge in [-0.05, 0) is 57.0 Å². The zero-order valence-electron chi connectivity index (χ0n) is 17.8. The van der Waals surface area contributed by atoms with Gasteiger partial charge in [0.2, 0.25) is 5.17 Å². The van der Waals surface area contributed by atoms with Gasteiger partial charge in [-0.3, -0.25) is 10.2 Å². The number of methoxy groups -OCH3 is 1. The highest BCUT2D eigenvalue weighted by Crippen LogP contribution is 2.38. The molecule has 0 bridgehead atoms. The Hall–Kier alpha value is -2.91. The van der Waals surface area contributed by atoms with E-state index in [1.807, 2.05) is 50.2 Å². The number of halogens is 1. The van der Waals surface area contributed by atoms with Gasteiger partial charge in [0, 0.05) is 5.92 Å². The number of hydrazone groups is 1. The van der Waals surface area contributed by atoms with Crippen molar-refractivity contribution in [2.45, 2.75) is 20.5 Å². The minimum atomic E-state index is -0.464. The lowest BCUT2D eigenvalue weighted by Crippen LogP contribution is -2.35. The maximum absolute atomic E-state index is 12.6. The van der Waals surface area contributed by atoms with E-state index >= 15 is 0 Å². The number of amides is 1. The average Bonchev–Trinajstić information content (AvgIpc) is 3.21. The maximum Gasteiger partial charge on any atom is 0.283 e. The Morgan fingerprint density at radius 3 is 2.69 bits per heavy atom. The number of hydrogen-bond acceptors (Lipinski definition) is 6. The van der Waals surface area contributed by atoms with Crippen LogP contribution in [0.25, 0.3) is 6.08 Å². The molecule has 0 spiro atoms. The quantitative estimate of drug-likeness (QED) is 0.529. The molecule has 9 heteroatoms. The fourth-order valence-electron chi connectivity index (χ4n) is 3.10. The van der Waals surface area contributed by atoms with Gasteiger partial charge in [-0.2, -0.15) is 15.1 Å². The molecule has 7 nitrogen and oxygen atoms in total. The number of rotatable bonds is 6. The smallest absolute Gasteiger partial charge is 0.283 e. The summed E-state index contributed by atoms with van der Waals surface area (Å²) in [5, 5.41) is 15.6. The molecule has 2 aliphatic rings. The summed E-state index contributed by atoms with van der Waals surface area (Å²) in [4.78, 5) is 16.8. The number of carbonyl (C=O) groups excluding carboxylic acids is 1. The number of nitrogens with one attached hydrogen (secondary N) is 1. The minimum Gasteiger partial charge on any atom is -0.493 e. The van der Waals surface area contributed by atoms with E-state index in [4.69, 9.17) is 14.9 Å². The van der Waals surface area contributed by atoms with Crippen molar-refractivity contribution in [3.8, 4) is 11.5 Å². The van der Waals surface area contributed by atoms with E-state index in [0.717, 1.165) is 10.6 Å². The maximum atomic E-state index is 12.6. The van der Waals surface area contributed by atoms with Gasteiger partial charge in [0.25, 0.3) is 5.91 Å². The zero-order chi connectivity index (χ0) is 22.8. The van der Waals surface area contributed by atoms with Crippen LogP contribution in [0.1, 0.15) is 25.0 Å². The fraction of sp³-hybridized carbons (Fsp3) is 0.217. The van der Waals surface area contributed by atoms with Crippen molar-refractivity contribution in [1.82, 2.24) is 5.01 Å². The van der Waals surface area contributed by atoms with E-state index in [1.54, 1.807) is 19.3 Å². The second-order valence-electron chi connectivity index (χ2n) is 7.42. The summed E-state index contributed by atoms with van der Waals surface area (Å²) in [5.74, 6) is 0.798. The first kappa shape index (κ1) is 22.3. The molecule has 0 fully saturated rings. The summed E-state index contributed by atoms with van der Waals surface area (Å²) in [5.41, 5.74) is 1.87. The monoisotopic (exact) mass is 512 g/mol. The molecular formula is C23H21BrN4O3S. The summed E-state index contributed by atoms with van der Waals surface area (Å²) in [7, 11) is 1.56. The van der Waals surface area contributed by atoms with Crippen LogP contribution >= 0.6 is 27.7 Å². The number of nitrogens with zero attached hydrogens (tertiary/aromatic N) is 3. The Bertz CT molecular complexity index is 1180. The predicted molar refractivity (Wildman–Crippen MR) is 131 cm³/mol. The van der Waals surface area contributed by atoms with E-state index in [0.29, 0.717) is 33.3 Å². The van der Waals surface area contributed by atoms with Crippen molar-refractivity contribution in [2.24, 2.45) is 16.0 Å². The summed E-state index contributed by atoms with van der Waals surface area (Å²) in [6, 6.07) is 13.4. The van der Waals surface area contributed by atoms with Crippen LogP contribution in [0.2, 0.25) is 0 Å². The third kappa shape index (κ3) is 4.49. The van der Waals surface area contributed by atoms with Crippen LogP contribution in [0.15, 0.2) is 62.6 Å².